The van der Waals surface area contributed by atoms with Crippen molar-refractivity contribution in [1.29, 1.82) is 0 Å². The third kappa shape index (κ3) is 2.80. The summed E-state index contributed by atoms with van der Waals surface area (Å²) >= 11 is 1.77. The highest BCUT2D eigenvalue weighted by atomic mass is 32.1. The van der Waals surface area contributed by atoms with Crippen LogP contribution in [0.15, 0.2) is 23.8 Å². The molecule has 5 heteroatoms. The monoisotopic (exact) mass is 264 g/mol. The van der Waals surface area contributed by atoms with Crippen LogP contribution in [-0.2, 0) is 19.4 Å². The summed E-state index contributed by atoms with van der Waals surface area (Å²) in [6.45, 7) is 5.16. The first kappa shape index (κ1) is 13.3. The zero-order valence-electron chi connectivity index (χ0n) is 10.9. The highest BCUT2D eigenvalue weighted by molar-refractivity contribution is 7.10. The molecule has 98 valence electrons. The minimum atomic E-state index is 0.175. The molecule has 1 unspecified atom stereocenters. The van der Waals surface area contributed by atoms with Gasteiger partial charge in [0.2, 0.25) is 0 Å². The van der Waals surface area contributed by atoms with E-state index in [0.29, 0.717) is 0 Å². The first-order chi connectivity index (χ1) is 8.78. The van der Waals surface area contributed by atoms with Gasteiger partial charge in [0.25, 0.3) is 0 Å². The SMILES string of the molecule is CCc1ccsc1C(Cc1cnn(CC)c1)NN. The molecule has 2 heterocycles. The Morgan fingerprint density at radius 1 is 1.50 bits per heavy atom. The number of hydrogen-bond donors (Lipinski definition) is 2. The average Bonchev–Trinajstić information content (AvgIpc) is 3.04. The van der Waals surface area contributed by atoms with E-state index in [0.717, 1.165) is 19.4 Å². The fourth-order valence-corrected chi connectivity index (χ4v) is 3.15. The van der Waals surface area contributed by atoms with Gasteiger partial charge in [-0.15, -0.1) is 11.3 Å². The van der Waals surface area contributed by atoms with Crippen LogP contribution >= 0.6 is 11.3 Å². The molecule has 0 aliphatic rings. The second-order valence-corrected chi connectivity index (χ2v) is 5.24. The maximum absolute atomic E-state index is 5.70. The smallest absolute Gasteiger partial charge is 0.0597 e. The van der Waals surface area contributed by atoms with Crippen LogP contribution in [-0.4, -0.2) is 9.78 Å². The Labute approximate surface area is 112 Å². The number of aromatic nitrogens is 2. The molecule has 0 spiro atoms. The van der Waals surface area contributed by atoms with Gasteiger partial charge in [-0.2, -0.15) is 5.10 Å². The van der Waals surface area contributed by atoms with Crippen LogP contribution in [0.2, 0.25) is 0 Å². The Morgan fingerprint density at radius 2 is 2.33 bits per heavy atom. The average molecular weight is 264 g/mol. The Bertz CT molecular complexity index is 489. The highest BCUT2D eigenvalue weighted by Gasteiger charge is 2.16. The van der Waals surface area contributed by atoms with Gasteiger partial charge in [-0.25, -0.2) is 0 Å². The molecule has 0 amide bonds. The lowest BCUT2D eigenvalue weighted by Gasteiger charge is -2.15. The molecule has 2 rings (SSSR count). The first-order valence-electron chi connectivity index (χ1n) is 6.32. The van der Waals surface area contributed by atoms with Crippen molar-refractivity contribution in [3.05, 3.63) is 39.8 Å². The number of hydrogen-bond acceptors (Lipinski definition) is 4. The summed E-state index contributed by atoms with van der Waals surface area (Å²) < 4.78 is 1.94. The quantitative estimate of drug-likeness (QED) is 0.621. The van der Waals surface area contributed by atoms with Crippen LogP contribution in [0.1, 0.15) is 35.9 Å². The molecular formula is C13H20N4S. The Balaban J connectivity index is 2.14. The Morgan fingerprint density at radius 3 is 2.94 bits per heavy atom. The molecule has 0 radical (unpaired) electrons. The number of aryl methyl sites for hydroxylation is 2. The largest absolute Gasteiger partial charge is 0.273 e. The van der Waals surface area contributed by atoms with Gasteiger partial charge < -0.3 is 0 Å². The highest BCUT2D eigenvalue weighted by Crippen LogP contribution is 2.27. The molecule has 2 aromatic rings. The van der Waals surface area contributed by atoms with Gasteiger partial charge in [-0.1, -0.05) is 6.92 Å². The van der Waals surface area contributed by atoms with E-state index in [1.165, 1.54) is 16.0 Å². The molecule has 3 N–H and O–H groups in total. The zero-order valence-corrected chi connectivity index (χ0v) is 11.7. The fraction of sp³-hybridized carbons (Fsp3) is 0.462. The molecule has 0 aliphatic carbocycles. The van der Waals surface area contributed by atoms with E-state index < -0.39 is 0 Å². The predicted molar refractivity (Wildman–Crippen MR) is 75.4 cm³/mol. The second-order valence-electron chi connectivity index (χ2n) is 4.29. The molecule has 0 saturated carbocycles. The van der Waals surface area contributed by atoms with E-state index in [9.17, 15) is 0 Å². The maximum atomic E-state index is 5.70. The van der Waals surface area contributed by atoms with Crippen molar-refractivity contribution in [2.75, 3.05) is 0 Å². The van der Waals surface area contributed by atoms with Crippen molar-refractivity contribution >= 4 is 11.3 Å². The van der Waals surface area contributed by atoms with Gasteiger partial charge >= 0.3 is 0 Å². The lowest BCUT2D eigenvalue weighted by Crippen LogP contribution is -2.29. The molecule has 0 bridgehead atoms. The van der Waals surface area contributed by atoms with Crippen LogP contribution in [0.4, 0.5) is 0 Å². The first-order valence-corrected chi connectivity index (χ1v) is 7.20. The summed E-state index contributed by atoms with van der Waals surface area (Å²) in [5.74, 6) is 5.70. The van der Waals surface area contributed by atoms with Gasteiger partial charge in [0.15, 0.2) is 0 Å². The number of hydrazine groups is 1. The molecule has 0 aliphatic heterocycles. The summed E-state index contributed by atoms with van der Waals surface area (Å²) in [6.07, 6.45) is 5.94. The van der Waals surface area contributed by atoms with Crippen molar-refractivity contribution in [3.8, 4) is 0 Å². The summed E-state index contributed by atoms with van der Waals surface area (Å²) in [5.41, 5.74) is 5.53. The summed E-state index contributed by atoms with van der Waals surface area (Å²) in [7, 11) is 0. The van der Waals surface area contributed by atoms with Gasteiger partial charge in [-0.3, -0.25) is 16.0 Å². The summed E-state index contributed by atoms with van der Waals surface area (Å²) in [4.78, 5) is 1.34. The van der Waals surface area contributed by atoms with E-state index in [1.54, 1.807) is 11.3 Å². The van der Waals surface area contributed by atoms with Gasteiger partial charge in [0.1, 0.15) is 0 Å². The lowest BCUT2D eigenvalue weighted by atomic mass is 10.0. The van der Waals surface area contributed by atoms with E-state index >= 15 is 0 Å². The van der Waals surface area contributed by atoms with E-state index in [1.807, 2.05) is 10.9 Å². The number of nitrogens with one attached hydrogen (secondary N) is 1. The van der Waals surface area contributed by atoms with E-state index in [2.05, 4.69) is 42.0 Å². The van der Waals surface area contributed by atoms with Crippen molar-refractivity contribution in [3.63, 3.8) is 0 Å². The van der Waals surface area contributed by atoms with Gasteiger partial charge in [0.05, 0.1) is 12.2 Å². The van der Waals surface area contributed by atoms with Gasteiger partial charge in [0, 0.05) is 17.6 Å². The molecule has 0 saturated heterocycles. The number of nitrogens with zero attached hydrogens (tertiary/aromatic N) is 2. The van der Waals surface area contributed by atoms with Crippen molar-refractivity contribution in [2.24, 2.45) is 5.84 Å². The maximum Gasteiger partial charge on any atom is 0.0597 e. The minimum absolute atomic E-state index is 0.175. The number of rotatable bonds is 6. The third-order valence-corrected chi connectivity index (χ3v) is 4.20. The van der Waals surface area contributed by atoms with Crippen LogP contribution < -0.4 is 11.3 Å². The second kappa shape index (κ2) is 6.13. The lowest BCUT2D eigenvalue weighted by molar-refractivity contribution is 0.556. The Hall–Kier alpha value is -1.17. The molecule has 1 atom stereocenters. The van der Waals surface area contributed by atoms with Crippen molar-refractivity contribution in [1.82, 2.24) is 15.2 Å². The molecule has 0 fully saturated rings. The van der Waals surface area contributed by atoms with Crippen LogP contribution in [0, 0.1) is 0 Å². The summed E-state index contributed by atoms with van der Waals surface area (Å²) in [6, 6.07) is 2.36. The summed E-state index contributed by atoms with van der Waals surface area (Å²) in [5, 5.41) is 6.43. The standard InChI is InChI=1S/C13H20N4S/c1-3-11-5-6-18-13(11)12(16-14)7-10-8-15-17(4-2)9-10/h5-6,8-9,12,16H,3-4,7,14H2,1-2H3. The minimum Gasteiger partial charge on any atom is -0.273 e. The topological polar surface area (TPSA) is 55.9 Å². The molecule has 2 aromatic heterocycles. The van der Waals surface area contributed by atoms with Crippen LogP contribution in [0.5, 0.6) is 0 Å². The molecule has 0 aromatic carbocycles. The molecule has 4 nitrogen and oxygen atoms in total. The Kier molecular flexibility index (Phi) is 4.52. The fourth-order valence-electron chi connectivity index (χ4n) is 2.09. The van der Waals surface area contributed by atoms with Crippen molar-refractivity contribution < 1.29 is 0 Å². The molecular weight excluding hydrogens is 244 g/mol. The van der Waals surface area contributed by atoms with E-state index in [-0.39, 0.29) is 6.04 Å². The normalized spacial score (nSPS) is 12.8. The van der Waals surface area contributed by atoms with Crippen molar-refractivity contribution in [2.45, 2.75) is 39.3 Å². The number of nitrogens with two attached hydrogens (primary N) is 1. The third-order valence-electron chi connectivity index (χ3n) is 3.13. The number of thiophene rings is 1. The van der Waals surface area contributed by atoms with Crippen LogP contribution in [0.25, 0.3) is 0 Å². The van der Waals surface area contributed by atoms with Gasteiger partial charge in [-0.05, 0) is 42.3 Å². The molecule has 18 heavy (non-hydrogen) atoms. The van der Waals surface area contributed by atoms with Crippen LogP contribution in [0.3, 0.4) is 0 Å². The zero-order chi connectivity index (χ0) is 13.0. The van der Waals surface area contributed by atoms with E-state index in [4.69, 9.17) is 5.84 Å². The predicted octanol–water partition coefficient (Wildman–Crippen LogP) is 2.27.